The fraction of sp³-hybridized carbons (Fsp3) is 0.333. The third-order valence-corrected chi connectivity index (χ3v) is 2.69. The van der Waals surface area contributed by atoms with Crippen molar-refractivity contribution >= 4 is 23.5 Å². The number of hydrogen-bond donors (Lipinski definition) is 2. The molecule has 1 rings (SSSR count). The van der Waals surface area contributed by atoms with E-state index in [1.54, 1.807) is 13.8 Å². The van der Waals surface area contributed by atoms with E-state index in [1.165, 1.54) is 23.1 Å². The number of carboxylic acid groups (broad SMARTS) is 1. The largest absolute Gasteiger partial charge is 0.506 e. The predicted molar refractivity (Wildman–Crippen MR) is 66.9 cm³/mol. The number of nitrogens with zero attached hydrogens (tertiary/aromatic N) is 1. The molecule has 0 fully saturated rings. The van der Waals surface area contributed by atoms with Gasteiger partial charge in [0, 0.05) is 11.6 Å². The van der Waals surface area contributed by atoms with Gasteiger partial charge in [0.1, 0.15) is 12.3 Å². The third-order valence-electron chi connectivity index (χ3n) is 2.38. The number of phenols is 1. The van der Waals surface area contributed by atoms with Gasteiger partial charge in [0.25, 0.3) is 5.91 Å². The van der Waals surface area contributed by atoms with Crippen LogP contribution in [0, 0.1) is 0 Å². The number of amides is 1. The number of benzene rings is 1. The van der Waals surface area contributed by atoms with E-state index in [-0.39, 0.29) is 28.9 Å². The van der Waals surface area contributed by atoms with E-state index in [2.05, 4.69) is 0 Å². The molecule has 5 nitrogen and oxygen atoms in total. The van der Waals surface area contributed by atoms with Crippen LogP contribution in [0.25, 0.3) is 0 Å². The Balaban J connectivity index is 3.02. The molecule has 2 N–H and O–H groups in total. The molecular weight excluding hydrogens is 258 g/mol. The van der Waals surface area contributed by atoms with Crippen molar-refractivity contribution in [3.8, 4) is 5.75 Å². The first-order valence-electron chi connectivity index (χ1n) is 5.34. The monoisotopic (exact) mass is 271 g/mol. The van der Waals surface area contributed by atoms with Crippen LogP contribution in [0.5, 0.6) is 5.75 Å². The number of aromatic hydroxyl groups is 1. The fourth-order valence-electron chi connectivity index (χ4n) is 1.44. The highest BCUT2D eigenvalue weighted by atomic mass is 35.5. The van der Waals surface area contributed by atoms with Gasteiger partial charge in [-0.05, 0) is 32.0 Å². The lowest BCUT2D eigenvalue weighted by Crippen LogP contribution is -2.40. The van der Waals surface area contributed by atoms with Crippen LogP contribution < -0.4 is 0 Å². The van der Waals surface area contributed by atoms with Gasteiger partial charge in [0.2, 0.25) is 0 Å². The predicted octanol–water partition coefficient (Wildman–Crippen LogP) is 1.98. The highest BCUT2D eigenvalue weighted by Crippen LogP contribution is 2.24. The summed E-state index contributed by atoms with van der Waals surface area (Å²) in [4.78, 5) is 24.0. The topological polar surface area (TPSA) is 77.8 Å². The van der Waals surface area contributed by atoms with Crippen LogP contribution in [-0.2, 0) is 4.79 Å². The minimum Gasteiger partial charge on any atom is -0.506 e. The molecule has 0 spiro atoms. The Labute approximate surface area is 110 Å². The Bertz CT molecular complexity index is 473. The quantitative estimate of drug-likeness (QED) is 0.878. The number of aliphatic carboxylic acids is 1. The van der Waals surface area contributed by atoms with Crippen molar-refractivity contribution in [3.05, 3.63) is 28.8 Å². The summed E-state index contributed by atoms with van der Waals surface area (Å²) in [6.45, 7) is 3.07. The van der Waals surface area contributed by atoms with Gasteiger partial charge in [-0.15, -0.1) is 0 Å². The molecule has 0 atom stereocenters. The highest BCUT2D eigenvalue weighted by molar-refractivity contribution is 6.32. The maximum Gasteiger partial charge on any atom is 0.323 e. The Hall–Kier alpha value is -1.75. The molecule has 98 valence electrons. The van der Waals surface area contributed by atoms with Gasteiger partial charge in [-0.2, -0.15) is 0 Å². The number of rotatable bonds is 4. The first-order chi connectivity index (χ1) is 8.32. The van der Waals surface area contributed by atoms with Crippen LogP contribution in [-0.4, -0.2) is 39.6 Å². The first kappa shape index (κ1) is 14.3. The second-order valence-electron chi connectivity index (χ2n) is 4.09. The summed E-state index contributed by atoms with van der Waals surface area (Å²) in [7, 11) is 0. The highest BCUT2D eigenvalue weighted by Gasteiger charge is 2.21. The van der Waals surface area contributed by atoms with Crippen molar-refractivity contribution in [2.24, 2.45) is 0 Å². The van der Waals surface area contributed by atoms with E-state index in [1.807, 2.05) is 0 Å². The third kappa shape index (κ3) is 3.37. The SMILES string of the molecule is CC(C)N(CC(=O)O)C(=O)c1ccc(O)c(Cl)c1. The van der Waals surface area contributed by atoms with E-state index >= 15 is 0 Å². The number of carbonyl (C=O) groups excluding carboxylic acids is 1. The average molecular weight is 272 g/mol. The standard InChI is InChI=1S/C12H14ClNO4/c1-7(2)14(6-11(16)17)12(18)8-3-4-10(15)9(13)5-8/h3-5,7,15H,6H2,1-2H3,(H,16,17). The minimum atomic E-state index is -1.08. The fourth-order valence-corrected chi connectivity index (χ4v) is 1.62. The van der Waals surface area contributed by atoms with Crippen LogP contribution >= 0.6 is 11.6 Å². The molecule has 0 saturated heterocycles. The first-order valence-corrected chi connectivity index (χ1v) is 5.72. The van der Waals surface area contributed by atoms with Crippen LogP contribution in [0.3, 0.4) is 0 Å². The molecular formula is C12H14ClNO4. The molecule has 1 aromatic rings. The number of halogens is 1. The van der Waals surface area contributed by atoms with Crippen molar-refractivity contribution < 1.29 is 19.8 Å². The molecule has 0 saturated carbocycles. The molecule has 0 bridgehead atoms. The van der Waals surface area contributed by atoms with Gasteiger partial charge in [0.15, 0.2) is 0 Å². The Morgan fingerprint density at radius 3 is 2.44 bits per heavy atom. The maximum atomic E-state index is 12.1. The molecule has 0 aromatic heterocycles. The lowest BCUT2D eigenvalue weighted by Gasteiger charge is -2.25. The van der Waals surface area contributed by atoms with Gasteiger partial charge < -0.3 is 15.1 Å². The zero-order valence-electron chi connectivity index (χ0n) is 10.1. The summed E-state index contributed by atoms with van der Waals surface area (Å²) in [5, 5.41) is 18.1. The number of phenolic OH excluding ortho intramolecular Hbond substituents is 1. The molecule has 0 aliphatic rings. The summed E-state index contributed by atoms with van der Waals surface area (Å²) in [5.74, 6) is -1.64. The van der Waals surface area contributed by atoms with Crippen LogP contribution in [0.15, 0.2) is 18.2 Å². The molecule has 1 aromatic carbocycles. The lowest BCUT2D eigenvalue weighted by atomic mass is 10.1. The molecule has 0 unspecified atom stereocenters. The minimum absolute atomic E-state index is 0.0554. The van der Waals surface area contributed by atoms with Crippen molar-refractivity contribution in [2.45, 2.75) is 19.9 Å². The van der Waals surface area contributed by atoms with E-state index < -0.39 is 11.9 Å². The Kier molecular flexibility index (Phi) is 4.55. The van der Waals surface area contributed by atoms with Gasteiger partial charge in [-0.3, -0.25) is 9.59 Å². The van der Waals surface area contributed by atoms with Crippen LogP contribution in [0.1, 0.15) is 24.2 Å². The van der Waals surface area contributed by atoms with Crippen molar-refractivity contribution in [3.63, 3.8) is 0 Å². The van der Waals surface area contributed by atoms with Gasteiger partial charge in [0.05, 0.1) is 5.02 Å². The van der Waals surface area contributed by atoms with E-state index in [9.17, 15) is 14.7 Å². The second kappa shape index (κ2) is 5.73. The Morgan fingerprint density at radius 1 is 1.39 bits per heavy atom. The van der Waals surface area contributed by atoms with Crippen molar-refractivity contribution in [2.75, 3.05) is 6.54 Å². The lowest BCUT2D eigenvalue weighted by molar-refractivity contribution is -0.138. The summed E-state index contributed by atoms with van der Waals surface area (Å²) >= 11 is 5.71. The van der Waals surface area contributed by atoms with Crippen LogP contribution in [0.2, 0.25) is 5.02 Å². The van der Waals surface area contributed by atoms with E-state index in [4.69, 9.17) is 16.7 Å². The zero-order valence-corrected chi connectivity index (χ0v) is 10.8. The molecule has 6 heteroatoms. The molecule has 0 aliphatic heterocycles. The molecule has 0 heterocycles. The molecule has 0 radical (unpaired) electrons. The van der Waals surface area contributed by atoms with E-state index in [0.29, 0.717) is 0 Å². The van der Waals surface area contributed by atoms with Gasteiger partial charge >= 0.3 is 5.97 Å². The smallest absolute Gasteiger partial charge is 0.323 e. The number of carboxylic acids is 1. The summed E-state index contributed by atoms with van der Waals surface area (Å²) in [5.41, 5.74) is 0.243. The normalized spacial score (nSPS) is 10.4. The summed E-state index contributed by atoms with van der Waals surface area (Å²) in [6, 6.07) is 3.77. The van der Waals surface area contributed by atoms with Crippen molar-refractivity contribution in [1.29, 1.82) is 0 Å². The molecule has 18 heavy (non-hydrogen) atoms. The van der Waals surface area contributed by atoms with Crippen LogP contribution in [0.4, 0.5) is 0 Å². The Morgan fingerprint density at radius 2 is 2.00 bits per heavy atom. The second-order valence-corrected chi connectivity index (χ2v) is 4.49. The number of carbonyl (C=O) groups is 2. The number of hydrogen-bond acceptors (Lipinski definition) is 3. The molecule has 0 aliphatic carbocycles. The molecule has 1 amide bonds. The van der Waals surface area contributed by atoms with Crippen molar-refractivity contribution in [1.82, 2.24) is 4.90 Å². The summed E-state index contributed by atoms with van der Waals surface area (Å²) in [6.07, 6.45) is 0. The zero-order chi connectivity index (χ0) is 13.9. The average Bonchev–Trinajstić information content (AvgIpc) is 2.28. The summed E-state index contributed by atoms with van der Waals surface area (Å²) < 4.78 is 0. The maximum absolute atomic E-state index is 12.1. The van der Waals surface area contributed by atoms with Gasteiger partial charge in [-0.25, -0.2) is 0 Å². The van der Waals surface area contributed by atoms with E-state index in [0.717, 1.165) is 0 Å². The van der Waals surface area contributed by atoms with Gasteiger partial charge in [-0.1, -0.05) is 11.6 Å².